The zero-order chi connectivity index (χ0) is 12.3. The first-order valence-corrected chi connectivity index (χ1v) is 6.26. The molecule has 2 rings (SSSR count). The number of nitrogens with zero attached hydrogens (tertiary/aromatic N) is 1. The van der Waals surface area contributed by atoms with Crippen LogP contribution in [0.3, 0.4) is 0 Å². The molecule has 0 aromatic heterocycles. The van der Waals surface area contributed by atoms with Crippen LogP contribution in [0.2, 0.25) is 0 Å². The van der Waals surface area contributed by atoms with Crippen molar-refractivity contribution in [2.45, 2.75) is 20.3 Å². The largest absolute Gasteiger partial charge is 0.492 e. The number of hydrogen-bond acceptors (Lipinski definition) is 3. The Balaban J connectivity index is 1.73. The van der Waals surface area contributed by atoms with Gasteiger partial charge < -0.3 is 10.5 Å². The lowest BCUT2D eigenvalue weighted by Crippen LogP contribution is -2.27. The highest BCUT2D eigenvalue weighted by molar-refractivity contribution is 5.43. The summed E-state index contributed by atoms with van der Waals surface area (Å²) in [4.78, 5) is 2.46. The maximum atomic E-state index is 5.70. The fourth-order valence-electron chi connectivity index (χ4n) is 2.31. The van der Waals surface area contributed by atoms with E-state index in [1.807, 2.05) is 24.3 Å². The average molecular weight is 234 g/mol. The number of hydrogen-bond donors (Lipinski definition) is 1. The van der Waals surface area contributed by atoms with Gasteiger partial charge in [-0.3, -0.25) is 4.90 Å². The Hall–Kier alpha value is -1.22. The van der Waals surface area contributed by atoms with E-state index in [2.05, 4.69) is 18.7 Å². The van der Waals surface area contributed by atoms with E-state index < -0.39 is 0 Å². The summed E-state index contributed by atoms with van der Waals surface area (Å²) < 4.78 is 5.70. The zero-order valence-electron chi connectivity index (χ0n) is 10.8. The summed E-state index contributed by atoms with van der Waals surface area (Å²) in [6, 6.07) is 7.61. The Kier molecular flexibility index (Phi) is 3.57. The van der Waals surface area contributed by atoms with Crippen molar-refractivity contribution in [1.29, 1.82) is 0 Å². The molecule has 0 aliphatic carbocycles. The van der Waals surface area contributed by atoms with Crippen molar-refractivity contribution >= 4 is 5.69 Å². The summed E-state index contributed by atoms with van der Waals surface area (Å²) >= 11 is 0. The van der Waals surface area contributed by atoms with Crippen LogP contribution in [0.4, 0.5) is 5.69 Å². The van der Waals surface area contributed by atoms with Gasteiger partial charge in [0.25, 0.3) is 0 Å². The molecule has 2 N–H and O–H groups in total. The fraction of sp³-hybridized carbons (Fsp3) is 0.571. The van der Waals surface area contributed by atoms with Gasteiger partial charge in [0, 0.05) is 24.8 Å². The maximum absolute atomic E-state index is 5.70. The molecular weight excluding hydrogens is 212 g/mol. The molecule has 1 aliphatic heterocycles. The van der Waals surface area contributed by atoms with E-state index in [9.17, 15) is 0 Å². The molecule has 1 aromatic carbocycles. The van der Waals surface area contributed by atoms with Gasteiger partial charge in [0.1, 0.15) is 12.4 Å². The third kappa shape index (κ3) is 3.63. The minimum Gasteiger partial charge on any atom is -0.492 e. The second-order valence-corrected chi connectivity index (χ2v) is 5.61. The number of benzene rings is 1. The van der Waals surface area contributed by atoms with Crippen molar-refractivity contribution in [1.82, 2.24) is 4.90 Å². The van der Waals surface area contributed by atoms with Gasteiger partial charge in [0.2, 0.25) is 0 Å². The Morgan fingerprint density at radius 1 is 1.41 bits per heavy atom. The van der Waals surface area contributed by atoms with Gasteiger partial charge in [0.05, 0.1) is 0 Å². The Labute approximate surface area is 104 Å². The minimum atomic E-state index is 0.469. The smallest absolute Gasteiger partial charge is 0.121 e. The molecule has 17 heavy (non-hydrogen) atoms. The Morgan fingerprint density at radius 3 is 2.88 bits per heavy atom. The minimum absolute atomic E-state index is 0.469. The quantitative estimate of drug-likeness (QED) is 0.813. The molecule has 3 heteroatoms. The van der Waals surface area contributed by atoms with Crippen LogP contribution in [0.15, 0.2) is 24.3 Å². The van der Waals surface area contributed by atoms with Crippen molar-refractivity contribution in [2.75, 3.05) is 32.0 Å². The highest BCUT2D eigenvalue weighted by atomic mass is 16.5. The number of rotatable bonds is 4. The number of nitrogens with two attached hydrogens (primary N) is 1. The molecule has 3 nitrogen and oxygen atoms in total. The molecule has 1 saturated heterocycles. The fourth-order valence-corrected chi connectivity index (χ4v) is 2.31. The van der Waals surface area contributed by atoms with Crippen LogP contribution in [0.1, 0.15) is 20.3 Å². The lowest BCUT2D eigenvalue weighted by atomic mass is 9.93. The van der Waals surface area contributed by atoms with Gasteiger partial charge in [-0.05, 0) is 30.5 Å². The maximum Gasteiger partial charge on any atom is 0.121 e. The Morgan fingerprint density at radius 2 is 2.24 bits per heavy atom. The topological polar surface area (TPSA) is 38.5 Å². The second-order valence-electron chi connectivity index (χ2n) is 5.61. The van der Waals surface area contributed by atoms with Crippen LogP contribution < -0.4 is 10.5 Å². The molecule has 1 fully saturated rings. The predicted molar refractivity (Wildman–Crippen MR) is 71.2 cm³/mol. The van der Waals surface area contributed by atoms with E-state index in [4.69, 9.17) is 10.5 Å². The lowest BCUT2D eigenvalue weighted by Gasteiger charge is -2.19. The average Bonchev–Trinajstić information content (AvgIpc) is 2.58. The standard InChI is InChI=1S/C14H22N2O/c1-14(2)6-7-16(11-14)8-9-17-13-5-3-4-12(15)10-13/h3-5,10H,6-9,11,15H2,1-2H3. The number of nitrogen functional groups attached to an aromatic ring is 1. The van der Waals surface area contributed by atoms with E-state index in [1.165, 1.54) is 19.5 Å². The summed E-state index contributed by atoms with van der Waals surface area (Å²) in [5.41, 5.74) is 6.92. The summed E-state index contributed by atoms with van der Waals surface area (Å²) in [6.45, 7) is 8.75. The molecular formula is C14H22N2O. The molecule has 0 saturated carbocycles. The lowest BCUT2D eigenvalue weighted by molar-refractivity contribution is 0.222. The molecule has 0 atom stereocenters. The second kappa shape index (κ2) is 4.96. The van der Waals surface area contributed by atoms with Crippen molar-refractivity contribution in [3.63, 3.8) is 0 Å². The highest BCUT2D eigenvalue weighted by Gasteiger charge is 2.28. The number of ether oxygens (including phenoxy) is 1. The predicted octanol–water partition coefficient (Wildman–Crippen LogP) is 2.38. The summed E-state index contributed by atoms with van der Waals surface area (Å²) in [6.07, 6.45) is 1.28. The van der Waals surface area contributed by atoms with Gasteiger partial charge in [-0.1, -0.05) is 19.9 Å². The molecule has 1 aromatic rings. The van der Waals surface area contributed by atoms with Crippen LogP contribution in [0.25, 0.3) is 0 Å². The molecule has 0 amide bonds. The van der Waals surface area contributed by atoms with Crippen LogP contribution in [-0.4, -0.2) is 31.1 Å². The first-order chi connectivity index (χ1) is 8.05. The van der Waals surface area contributed by atoms with Gasteiger partial charge in [-0.2, -0.15) is 0 Å². The SMILES string of the molecule is CC1(C)CCN(CCOc2cccc(N)c2)C1. The number of likely N-dealkylation sites (tertiary alicyclic amines) is 1. The molecule has 94 valence electrons. The molecule has 0 spiro atoms. The molecule has 0 bridgehead atoms. The Bertz CT molecular complexity index is 376. The van der Waals surface area contributed by atoms with E-state index in [0.717, 1.165) is 24.6 Å². The normalized spacial score (nSPS) is 19.4. The number of anilines is 1. The molecule has 0 radical (unpaired) electrons. The zero-order valence-corrected chi connectivity index (χ0v) is 10.8. The van der Waals surface area contributed by atoms with Gasteiger partial charge in [-0.15, -0.1) is 0 Å². The van der Waals surface area contributed by atoms with Crippen molar-refractivity contribution < 1.29 is 4.74 Å². The van der Waals surface area contributed by atoms with Crippen molar-refractivity contribution in [3.8, 4) is 5.75 Å². The van der Waals surface area contributed by atoms with Gasteiger partial charge in [-0.25, -0.2) is 0 Å². The monoisotopic (exact) mass is 234 g/mol. The molecule has 1 heterocycles. The first kappa shape index (κ1) is 12.2. The van der Waals surface area contributed by atoms with Crippen LogP contribution in [0, 0.1) is 5.41 Å². The van der Waals surface area contributed by atoms with Crippen LogP contribution >= 0.6 is 0 Å². The van der Waals surface area contributed by atoms with Gasteiger partial charge in [0.15, 0.2) is 0 Å². The summed E-state index contributed by atoms with van der Waals surface area (Å²) in [7, 11) is 0. The van der Waals surface area contributed by atoms with E-state index in [-0.39, 0.29) is 0 Å². The third-order valence-corrected chi connectivity index (χ3v) is 3.29. The van der Waals surface area contributed by atoms with Crippen LogP contribution in [0.5, 0.6) is 5.75 Å². The molecule has 1 aliphatic rings. The van der Waals surface area contributed by atoms with Crippen LogP contribution in [-0.2, 0) is 0 Å². The summed E-state index contributed by atoms with van der Waals surface area (Å²) in [5, 5.41) is 0. The van der Waals surface area contributed by atoms with E-state index in [1.54, 1.807) is 0 Å². The summed E-state index contributed by atoms with van der Waals surface area (Å²) in [5.74, 6) is 0.864. The van der Waals surface area contributed by atoms with E-state index >= 15 is 0 Å². The van der Waals surface area contributed by atoms with Crippen molar-refractivity contribution in [3.05, 3.63) is 24.3 Å². The van der Waals surface area contributed by atoms with E-state index in [0.29, 0.717) is 5.41 Å². The van der Waals surface area contributed by atoms with Crippen molar-refractivity contribution in [2.24, 2.45) is 5.41 Å². The molecule has 0 unspecified atom stereocenters. The third-order valence-electron chi connectivity index (χ3n) is 3.29. The van der Waals surface area contributed by atoms with Gasteiger partial charge >= 0.3 is 0 Å². The first-order valence-electron chi connectivity index (χ1n) is 6.26. The highest BCUT2D eigenvalue weighted by Crippen LogP contribution is 2.28.